The van der Waals surface area contributed by atoms with Gasteiger partial charge < -0.3 is 15.5 Å². The van der Waals surface area contributed by atoms with Gasteiger partial charge in [0.05, 0.1) is 0 Å². The molecule has 0 unspecified atom stereocenters. The molecule has 0 radical (unpaired) electrons. The molecule has 0 saturated carbocycles. The molecule has 0 amide bonds. The highest BCUT2D eigenvalue weighted by molar-refractivity contribution is 7.80. The molecule has 1 fully saturated rings. The molecule has 0 spiro atoms. The van der Waals surface area contributed by atoms with Gasteiger partial charge in [-0.25, -0.2) is 0 Å². The molecule has 2 rings (SSSR count). The van der Waals surface area contributed by atoms with Gasteiger partial charge in [-0.05, 0) is 81.5 Å². The molecular weight excluding hydrogens is 290 g/mol. The first-order chi connectivity index (χ1) is 10.5. The minimum Gasteiger partial charge on any atom is -0.362 e. The molecule has 1 saturated heterocycles. The van der Waals surface area contributed by atoms with E-state index in [1.54, 1.807) is 0 Å². The highest BCUT2D eigenvalue weighted by Gasteiger charge is 2.15. The van der Waals surface area contributed by atoms with Crippen molar-refractivity contribution in [1.29, 1.82) is 0 Å². The second-order valence-electron chi connectivity index (χ2n) is 6.60. The Morgan fingerprint density at radius 1 is 1.36 bits per heavy atom. The minimum atomic E-state index is 0.723. The Morgan fingerprint density at radius 2 is 2.18 bits per heavy atom. The molecule has 1 aliphatic rings. The number of aryl methyl sites for hydroxylation is 2. The average molecular weight is 320 g/mol. The lowest BCUT2D eigenvalue weighted by Crippen LogP contribution is -2.37. The van der Waals surface area contributed by atoms with Gasteiger partial charge in [0.1, 0.15) is 0 Å². The smallest absolute Gasteiger partial charge is 0.170 e. The van der Waals surface area contributed by atoms with Crippen molar-refractivity contribution in [3.63, 3.8) is 0 Å². The van der Waals surface area contributed by atoms with Crippen LogP contribution in [0.3, 0.4) is 0 Å². The van der Waals surface area contributed by atoms with Gasteiger partial charge in [-0.3, -0.25) is 0 Å². The Bertz CT molecular complexity index is 501. The van der Waals surface area contributed by atoms with Crippen LogP contribution in [0.1, 0.15) is 37.3 Å². The Balaban J connectivity index is 1.66. The molecule has 0 bridgehead atoms. The summed E-state index contributed by atoms with van der Waals surface area (Å²) in [6.07, 6.45) is 3.88. The van der Waals surface area contributed by atoms with Crippen LogP contribution in [0.15, 0.2) is 18.2 Å². The fourth-order valence-electron chi connectivity index (χ4n) is 3.03. The number of benzene rings is 1. The van der Waals surface area contributed by atoms with Crippen LogP contribution >= 0.6 is 12.2 Å². The predicted molar refractivity (Wildman–Crippen MR) is 99.6 cm³/mol. The molecule has 122 valence electrons. The molecule has 1 aromatic rings. The van der Waals surface area contributed by atoms with Crippen molar-refractivity contribution in [3.8, 4) is 0 Å². The normalized spacial score (nSPS) is 19.0. The molecule has 1 atom stereocenters. The molecular formula is C18H29N3S. The molecule has 0 aliphatic carbocycles. The number of rotatable bonds is 5. The van der Waals surface area contributed by atoms with Gasteiger partial charge in [-0.2, -0.15) is 0 Å². The highest BCUT2D eigenvalue weighted by atomic mass is 32.1. The van der Waals surface area contributed by atoms with Gasteiger partial charge in [0, 0.05) is 18.8 Å². The van der Waals surface area contributed by atoms with Crippen LogP contribution in [0.5, 0.6) is 0 Å². The zero-order valence-corrected chi connectivity index (χ0v) is 14.9. The lowest BCUT2D eigenvalue weighted by Gasteiger charge is -2.30. The van der Waals surface area contributed by atoms with Crippen molar-refractivity contribution in [2.24, 2.45) is 5.92 Å². The van der Waals surface area contributed by atoms with Gasteiger partial charge in [-0.15, -0.1) is 0 Å². The Hall–Kier alpha value is -1.13. The summed E-state index contributed by atoms with van der Waals surface area (Å²) in [5.41, 5.74) is 3.56. The number of piperidine rings is 1. The average Bonchev–Trinajstić information content (AvgIpc) is 2.48. The molecule has 22 heavy (non-hydrogen) atoms. The minimum absolute atomic E-state index is 0.723. The summed E-state index contributed by atoms with van der Waals surface area (Å²) in [7, 11) is 0. The summed E-state index contributed by atoms with van der Waals surface area (Å²) in [6, 6.07) is 6.38. The maximum absolute atomic E-state index is 5.39. The van der Waals surface area contributed by atoms with E-state index in [9.17, 15) is 0 Å². The number of hydrogen-bond donors (Lipinski definition) is 2. The third kappa shape index (κ3) is 5.58. The monoisotopic (exact) mass is 319 g/mol. The fourth-order valence-corrected chi connectivity index (χ4v) is 3.24. The highest BCUT2D eigenvalue weighted by Crippen LogP contribution is 2.16. The largest absolute Gasteiger partial charge is 0.362 e. The van der Waals surface area contributed by atoms with Gasteiger partial charge in [0.25, 0.3) is 0 Å². The molecule has 1 aromatic carbocycles. The summed E-state index contributed by atoms with van der Waals surface area (Å²) in [4.78, 5) is 2.58. The first-order valence-electron chi connectivity index (χ1n) is 8.39. The summed E-state index contributed by atoms with van der Waals surface area (Å²) in [5, 5.41) is 7.35. The maximum atomic E-state index is 5.39. The molecule has 3 nitrogen and oxygen atoms in total. The quantitative estimate of drug-likeness (QED) is 0.639. The molecule has 1 heterocycles. The number of anilines is 1. The number of nitrogens with one attached hydrogen (secondary N) is 2. The van der Waals surface area contributed by atoms with Crippen LogP contribution in [-0.4, -0.2) is 36.2 Å². The standard InChI is InChI=1S/C18H29N3S/c1-14-7-8-16(3)17(12-14)20-18(22)19-9-5-11-21-10-4-6-15(2)13-21/h7-8,12,15H,4-6,9-11,13H2,1-3H3,(H2,19,20,22)/t15-/m1/s1. The number of hydrogen-bond acceptors (Lipinski definition) is 2. The lowest BCUT2D eigenvalue weighted by molar-refractivity contribution is 0.182. The lowest BCUT2D eigenvalue weighted by atomic mass is 10.0. The van der Waals surface area contributed by atoms with Crippen molar-refractivity contribution in [2.45, 2.75) is 40.0 Å². The summed E-state index contributed by atoms with van der Waals surface area (Å²) in [6.45, 7) is 11.2. The van der Waals surface area contributed by atoms with E-state index in [0.717, 1.165) is 29.7 Å². The predicted octanol–water partition coefficient (Wildman–Crippen LogP) is 3.71. The zero-order valence-electron chi connectivity index (χ0n) is 14.1. The van der Waals surface area contributed by atoms with Gasteiger partial charge in [0.15, 0.2) is 5.11 Å². The van der Waals surface area contributed by atoms with Gasteiger partial charge in [0.2, 0.25) is 0 Å². The third-order valence-corrected chi connectivity index (χ3v) is 4.57. The maximum Gasteiger partial charge on any atom is 0.170 e. The van der Waals surface area contributed by atoms with Crippen LogP contribution in [0.2, 0.25) is 0 Å². The van der Waals surface area contributed by atoms with E-state index in [4.69, 9.17) is 12.2 Å². The van der Waals surface area contributed by atoms with Crippen LogP contribution in [0.25, 0.3) is 0 Å². The first kappa shape index (κ1) is 17.2. The van der Waals surface area contributed by atoms with Crippen molar-refractivity contribution >= 4 is 23.0 Å². The van der Waals surface area contributed by atoms with Crippen LogP contribution in [0, 0.1) is 19.8 Å². The van der Waals surface area contributed by atoms with Crippen LogP contribution in [-0.2, 0) is 0 Å². The first-order valence-corrected chi connectivity index (χ1v) is 8.80. The van der Waals surface area contributed by atoms with E-state index in [-0.39, 0.29) is 0 Å². The number of thiocarbonyl (C=S) groups is 1. The van der Waals surface area contributed by atoms with Gasteiger partial charge >= 0.3 is 0 Å². The van der Waals surface area contributed by atoms with Crippen LogP contribution in [0.4, 0.5) is 5.69 Å². The van der Waals surface area contributed by atoms with E-state index >= 15 is 0 Å². The van der Waals surface area contributed by atoms with E-state index in [0.29, 0.717) is 0 Å². The molecule has 4 heteroatoms. The van der Waals surface area contributed by atoms with Gasteiger partial charge in [-0.1, -0.05) is 19.1 Å². The third-order valence-electron chi connectivity index (χ3n) is 4.32. The summed E-state index contributed by atoms with van der Waals surface area (Å²) < 4.78 is 0. The molecule has 0 aromatic heterocycles. The Kier molecular flexibility index (Phi) is 6.65. The Morgan fingerprint density at radius 3 is 2.95 bits per heavy atom. The second kappa shape index (κ2) is 8.49. The number of nitrogens with zero attached hydrogens (tertiary/aromatic N) is 1. The fraction of sp³-hybridized carbons (Fsp3) is 0.611. The van der Waals surface area contributed by atoms with E-state index in [2.05, 4.69) is 54.5 Å². The van der Waals surface area contributed by atoms with Crippen molar-refractivity contribution in [3.05, 3.63) is 29.3 Å². The van der Waals surface area contributed by atoms with E-state index in [1.165, 1.54) is 43.6 Å². The SMILES string of the molecule is Cc1ccc(C)c(NC(=S)NCCCN2CCC[C@@H](C)C2)c1. The molecule has 2 N–H and O–H groups in total. The van der Waals surface area contributed by atoms with Crippen LogP contribution < -0.4 is 10.6 Å². The topological polar surface area (TPSA) is 27.3 Å². The molecule has 1 aliphatic heterocycles. The van der Waals surface area contributed by atoms with Crippen molar-refractivity contribution in [1.82, 2.24) is 10.2 Å². The van der Waals surface area contributed by atoms with Crippen molar-refractivity contribution in [2.75, 3.05) is 31.5 Å². The second-order valence-corrected chi connectivity index (χ2v) is 7.01. The summed E-state index contributed by atoms with van der Waals surface area (Å²) in [5.74, 6) is 0.855. The number of likely N-dealkylation sites (tertiary alicyclic amines) is 1. The van der Waals surface area contributed by atoms with E-state index in [1.807, 2.05) is 0 Å². The van der Waals surface area contributed by atoms with E-state index < -0.39 is 0 Å². The summed E-state index contributed by atoms with van der Waals surface area (Å²) >= 11 is 5.39. The Labute approximate surface area is 140 Å². The van der Waals surface area contributed by atoms with Crippen molar-refractivity contribution < 1.29 is 0 Å². The zero-order chi connectivity index (χ0) is 15.9.